The Bertz CT molecular complexity index is 1040. The molecule has 0 fully saturated rings. The van der Waals surface area contributed by atoms with Gasteiger partial charge in [0, 0.05) is 41.6 Å². The summed E-state index contributed by atoms with van der Waals surface area (Å²) in [5, 5.41) is 8.18. The van der Waals surface area contributed by atoms with Crippen molar-refractivity contribution in [1.82, 2.24) is 9.97 Å². The van der Waals surface area contributed by atoms with Crippen LogP contribution in [-0.4, -0.2) is 23.1 Å². The van der Waals surface area contributed by atoms with E-state index in [0.29, 0.717) is 40.3 Å². The minimum atomic E-state index is 0.184. The van der Waals surface area contributed by atoms with Crippen molar-refractivity contribution >= 4 is 45.6 Å². The highest BCUT2D eigenvalue weighted by Gasteiger charge is 2.14. The van der Waals surface area contributed by atoms with Crippen LogP contribution in [0.1, 0.15) is 18.2 Å². The Hall–Kier alpha value is -2.54. The highest BCUT2D eigenvalue weighted by Crippen LogP contribution is 2.33. The predicted octanol–water partition coefficient (Wildman–Crippen LogP) is 5.14. The number of benzene rings is 1. The van der Waals surface area contributed by atoms with Gasteiger partial charge in [0.15, 0.2) is 0 Å². The summed E-state index contributed by atoms with van der Waals surface area (Å²) in [6, 6.07) is 7.81. The number of aryl methyl sites for hydroxylation is 1. The van der Waals surface area contributed by atoms with Gasteiger partial charge < -0.3 is 21.1 Å². The lowest BCUT2D eigenvalue weighted by Crippen LogP contribution is -2.14. The van der Waals surface area contributed by atoms with E-state index in [1.54, 1.807) is 6.20 Å². The number of allylic oxidation sites excluding steroid dienone is 1. The molecule has 2 heterocycles. The van der Waals surface area contributed by atoms with E-state index < -0.39 is 0 Å². The fourth-order valence-electron chi connectivity index (χ4n) is 2.86. The lowest BCUT2D eigenvalue weighted by Gasteiger charge is -2.15. The Morgan fingerprint density at radius 3 is 2.86 bits per heavy atom. The molecule has 3 aromatic rings. The summed E-state index contributed by atoms with van der Waals surface area (Å²) in [4.78, 5) is 8.89. The van der Waals surface area contributed by atoms with Gasteiger partial charge in [0.25, 0.3) is 0 Å². The summed E-state index contributed by atoms with van der Waals surface area (Å²) >= 11 is 12.8. The zero-order chi connectivity index (χ0) is 20.8. The molecule has 4 N–H and O–H groups in total. The van der Waals surface area contributed by atoms with E-state index in [9.17, 15) is 0 Å². The number of fused-ring (bicyclic) bond motifs is 1. The van der Waals surface area contributed by atoms with E-state index in [-0.39, 0.29) is 6.61 Å². The number of halogens is 2. The molecule has 0 bridgehead atoms. The Balaban J connectivity index is 1.93. The van der Waals surface area contributed by atoms with Gasteiger partial charge in [0.1, 0.15) is 23.7 Å². The van der Waals surface area contributed by atoms with Crippen molar-refractivity contribution in [2.24, 2.45) is 5.73 Å². The second kappa shape index (κ2) is 9.78. The Morgan fingerprint density at radius 1 is 1.28 bits per heavy atom. The molecule has 1 aromatic carbocycles. The van der Waals surface area contributed by atoms with Gasteiger partial charge in [-0.3, -0.25) is 0 Å². The summed E-state index contributed by atoms with van der Waals surface area (Å²) in [5.41, 5.74) is 8.80. The lowest BCUT2D eigenvalue weighted by atomic mass is 10.1. The van der Waals surface area contributed by atoms with Crippen molar-refractivity contribution in [2.75, 3.05) is 23.7 Å². The number of aromatic nitrogens is 2. The van der Waals surface area contributed by atoms with Gasteiger partial charge >= 0.3 is 0 Å². The van der Waals surface area contributed by atoms with Crippen LogP contribution < -0.4 is 21.1 Å². The molecule has 0 saturated heterocycles. The molecular weight excluding hydrogens is 409 g/mol. The predicted molar refractivity (Wildman–Crippen MR) is 121 cm³/mol. The summed E-state index contributed by atoms with van der Waals surface area (Å²) in [7, 11) is 0. The van der Waals surface area contributed by atoms with Gasteiger partial charge in [-0.15, -0.1) is 0 Å². The van der Waals surface area contributed by atoms with E-state index in [2.05, 4.69) is 20.6 Å². The molecule has 0 amide bonds. The molecule has 8 heteroatoms. The molecule has 3 rings (SSSR count). The Morgan fingerprint density at radius 2 is 2.10 bits per heavy atom. The molecule has 29 heavy (non-hydrogen) atoms. The van der Waals surface area contributed by atoms with E-state index in [0.717, 1.165) is 22.3 Å². The number of para-hydroxylation sites is 1. The summed E-state index contributed by atoms with van der Waals surface area (Å²) < 4.78 is 6.08. The first-order valence-corrected chi connectivity index (χ1v) is 9.98. The monoisotopic (exact) mass is 431 g/mol. The van der Waals surface area contributed by atoms with E-state index in [4.69, 9.17) is 33.7 Å². The Labute approximate surface area is 180 Å². The molecule has 6 nitrogen and oxygen atoms in total. The van der Waals surface area contributed by atoms with Gasteiger partial charge in [0.05, 0.1) is 10.0 Å². The maximum absolute atomic E-state index is 6.48. The molecule has 0 spiro atoms. The van der Waals surface area contributed by atoms with Gasteiger partial charge in [-0.05, 0) is 32.2 Å². The second-order valence-corrected chi connectivity index (χ2v) is 7.14. The van der Waals surface area contributed by atoms with Crippen LogP contribution in [0.2, 0.25) is 10.0 Å². The third kappa shape index (κ3) is 4.90. The van der Waals surface area contributed by atoms with Crippen LogP contribution >= 0.6 is 23.2 Å². The molecule has 0 aliphatic rings. The van der Waals surface area contributed by atoms with Crippen LogP contribution in [0.15, 0.2) is 42.7 Å². The topological polar surface area (TPSA) is 85.1 Å². The molecule has 0 saturated carbocycles. The minimum absolute atomic E-state index is 0.184. The average Bonchev–Trinajstić information content (AvgIpc) is 2.71. The van der Waals surface area contributed by atoms with Crippen LogP contribution in [0.4, 0.5) is 11.5 Å². The third-order valence-electron chi connectivity index (χ3n) is 4.21. The standard InChI is InChI=1S/C21H23Cl2N5O/c1-3-8-25-17-10-13(2)28-20-14(17)5-4-6-18(20)29-12-15-16(22)11-27-21(19(15)23)26-9-7-24/h3-6,8,10-11H,7,9,12,24H2,1-2H3,(H,25,28)(H,26,27)/b8-3-. The van der Waals surface area contributed by atoms with Gasteiger partial charge in [-0.1, -0.05) is 41.4 Å². The van der Waals surface area contributed by atoms with Crippen molar-refractivity contribution in [1.29, 1.82) is 0 Å². The van der Waals surface area contributed by atoms with Crippen molar-refractivity contribution < 1.29 is 4.74 Å². The SMILES string of the molecule is C/C=C\Nc1cc(C)nc2c(OCc3c(Cl)cnc(NCCN)c3Cl)cccc12. The summed E-state index contributed by atoms with van der Waals surface area (Å²) in [6.45, 7) is 5.11. The van der Waals surface area contributed by atoms with Crippen LogP contribution in [0.3, 0.4) is 0 Å². The van der Waals surface area contributed by atoms with Crippen molar-refractivity contribution in [3.8, 4) is 5.75 Å². The molecule has 0 aliphatic carbocycles. The molecular formula is C21H23Cl2N5O. The number of rotatable bonds is 8. The smallest absolute Gasteiger partial charge is 0.146 e. The first-order valence-electron chi connectivity index (χ1n) is 9.22. The van der Waals surface area contributed by atoms with E-state index in [1.165, 1.54) is 0 Å². The van der Waals surface area contributed by atoms with Crippen molar-refractivity contribution in [3.63, 3.8) is 0 Å². The normalized spacial score (nSPS) is 11.2. The highest BCUT2D eigenvalue weighted by atomic mass is 35.5. The van der Waals surface area contributed by atoms with E-state index in [1.807, 2.05) is 50.4 Å². The number of nitrogens with two attached hydrogens (primary N) is 1. The van der Waals surface area contributed by atoms with Gasteiger partial charge in [-0.2, -0.15) is 0 Å². The number of nitrogens with one attached hydrogen (secondary N) is 2. The molecule has 0 aliphatic heterocycles. The lowest BCUT2D eigenvalue weighted by molar-refractivity contribution is 0.309. The maximum atomic E-state index is 6.48. The zero-order valence-electron chi connectivity index (χ0n) is 16.3. The van der Waals surface area contributed by atoms with Crippen LogP contribution in [0, 0.1) is 6.92 Å². The molecule has 0 atom stereocenters. The molecule has 152 valence electrons. The third-order valence-corrected chi connectivity index (χ3v) is 4.95. The van der Waals surface area contributed by atoms with Crippen LogP contribution in [0.25, 0.3) is 10.9 Å². The number of ether oxygens (including phenoxy) is 1. The first-order chi connectivity index (χ1) is 14.0. The summed E-state index contributed by atoms with van der Waals surface area (Å²) in [6.07, 6.45) is 5.37. The summed E-state index contributed by atoms with van der Waals surface area (Å²) in [5.74, 6) is 1.18. The van der Waals surface area contributed by atoms with Gasteiger partial charge in [-0.25, -0.2) is 9.97 Å². The van der Waals surface area contributed by atoms with Crippen molar-refractivity contribution in [3.05, 3.63) is 64.0 Å². The molecule has 0 radical (unpaired) electrons. The van der Waals surface area contributed by atoms with Crippen LogP contribution in [-0.2, 0) is 6.61 Å². The zero-order valence-corrected chi connectivity index (χ0v) is 17.8. The fraction of sp³-hybridized carbons (Fsp3) is 0.238. The number of pyridine rings is 2. The quantitative estimate of drug-likeness (QED) is 0.457. The average molecular weight is 432 g/mol. The Kier molecular flexibility index (Phi) is 7.14. The fourth-order valence-corrected chi connectivity index (χ4v) is 3.38. The molecule has 0 unspecified atom stereocenters. The first kappa shape index (κ1) is 21.2. The number of hydrogen-bond donors (Lipinski definition) is 3. The highest BCUT2D eigenvalue weighted by molar-refractivity contribution is 6.37. The maximum Gasteiger partial charge on any atom is 0.146 e. The van der Waals surface area contributed by atoms with Crippen molar-refractivity contribution in [2.45, 2.75) is 20.5 Å². The second-order valence-electron chi connectivity index (χ2n) is 6.36. The van der Waals surface area contributed by atoms with Gasteiger partial charge in [0.2, 0.25) is 0 Å². The van der Waals surface area contributed by atoms with Crippen LogP contribution in [0.5, 0.6) is 5.75 Å². The number of hydrogen-bond acceptors (Lipinski definition) is 6. The molecule has 2 aromatic heterocycles. The number of anilines is 2. The van der Waals surface area contributed by atoms with E-state index >= 15 is 0 Å². The largest absolute Gasteiger partial charge is 0.487 e. The minimum Gasteiger partial charge on any atom is -0.487 e. The number of nitrogens with zero attached hydrogens (tertiary/aromatic N) is 2.